The Labute approximate surface area is 71.9 Å². The standard InChI is InChI=1S/C6H15O5P/c1-6(2)5-11-12(8,9)10-4-3-7/h6-7H,3-5H2,1-2H3,(H,8,9). The van der Waals surface area contributed by atoms with Gasteiger partial charge in [0.15, 0.2) is 0 Å². The predicted molar refractivity (Wildman–Crippen MR) is 43.7 cm³/mol. The van der Waals surface area contributed by atoms with Gasteiger partial charge in [0.25, 0.3) is 0 Å². The average molecular weight is 198 g/mol. The fraction of sp³-hybridized carbons (Fsp3) is 1.00. The van der Waals surface area contributed by atoms with Gasteiger partial charge in [0.2, 0.25) is 0 Å². The zero-order chi connectivity index (χ0) is 9.61. The first kappa shape index (κ1) is 12.1. The minimum absolute atomic E-state index is 0.166. The van der Waals surface area contributed by atoms with Gasteiger partial charge in [0.05, 0.1) is 19.8 Å². The molecule has 0 saturated heterocycles. The van der Waals surface area contributed by atoms with Crippen LogP contribution in [0, 0.1) is 5.92 Å². The van der Waals surface area contributed by atoms with Gasteiger partial charge in [0, 0.05) is 0 Å². The number of phosphoric acid groups is 1. The van der Waals surface area contributed by atoms with Crippen LogP contribution in [0.5, 0.6) is 0 Å². The van der Waals surface area contributed by atoms with Crippen molar-refractivity contribution in [1.82, 2.24) is 0 Å². The molecule has 5 nitrogen and oxygen atoms in total. The molecule has 0 heterocycles. The maximum Gasteiger partial charge on any atom is 0.472 e. The summed E-state index contributed by atoms with van der Waals surface area (Å²) in [5.74, 6) is 0.170. The Morgan fingerprint density at radius 1 is 1.42 bits per heavy atom. The largest absolute Gasteiger partial charge is 0.472 e. The normalized spacial score (nSPS) is 16.4. The number of hydrogen-bond acceptors (Lipinski definition) is 4. The van der Waals surface area contributed by atoms with Crippen LogP contribution in [0.15, 0.2) is 0 Å². The summed E-state index contributed by atoms with van der Waals surface area (Å²) in [6.07, 6.45) is 0. The predicted octanol–water partition coefficient (Wildman–Crippen LogP) is 0.768. The van der Waals surface area contributed by atoms with E-state index in [0.29, 0.717) is 0 Å². The Bertz CT molecular complexity index is 158. The molecule has 0 aliphatic carbocycles. The molecule has 0 rings (SSSR count). The summed E-state index contributed by atoms with van der Waals surface area (Å²) in [6, 6.07) is 0. The first-order valence-corrected chi connectivity index (χ1v) is 5.20. The second kappa shape index (κ2) is 5.67. The number of aliphatic hydroxyl groups excluding tert-OH is 1. The third-order valence-corrected chi connectivity index (χ3v) is 1.90. The second-order valence-electron chi connectivity index (χ2n) is 2.71. The van der Waals surface area contributed by atoms with Crippen LogP contribution in [-0.2, 0) is 13.6 Å². The van der Waals surface area contributed by atoms with Gasteiger partial charge in [-0.2, -0.15) is 0 Å². The van der Waals surface area contributed by atoms with E-state index in [0.717, 1.165) is 0 Å². The number of phosphoric ester groups is 1. The third kappa shape index (κ3) is 6.76. The minimum Gasteiger partial charge on any atom is -0.394 e. The molecule has 0 aliphatic heterocycles. The molecule has 0 aromatic rings. The molecule has 0 aromatic carbocycles. The molecule has 1 atom stereocenters. The van der Waals surface area contributed by atoms with Crippen LogP contribution in [0.25, 0.3) is 0 Å². The maximum absolute atomic E-state index is 10.9. The molecule has 0 aromatic heterocycles. The third-order valence-electron chi connectivity index (χ3n) is 0.917. The average Bonchev–Trinajstić information content (AvgIpc) is 1.98. The van der Waals surface area contributed by atoms with E-state index in [-0.39, 0.29) is 25.7 Å². The van der Waals surface area contributed by atoms with Gasteiger partial charge in [0.1, 0.15) is 0 Å². The lowest BCUT2D eigenvalue weighted by atomic mass is 10.2. The van der Waals surface area contributed by atoms with E-state index in [1.54, 1.807) is 0 Å². The van der Waals surface area contributed by atoms with E-state index in [4.69, 9.17) is 10.00 Å². The highest BCUT2D eigenvalue weighted by atomic mass is 31.2. The van der Waals surface area contributed by atoms with Crippen molar-refractivity contribution in [2.45, 2.75) is 13.8 Å². The highest BCUT2D eigenvalue weighted by molar-refractivity contribution is 7.47. The van der Waals surface area contributed by atoms with Crippen molar-refractivity contribution in [3.63, 3.8) is 0 Å². The van der Waals surface area contributed by atoms with Crippen LogP contribution in [0.4, 0.5) is 0 Å². The van der Waals surface area contributed by atoms with E-state index in [9.17, 15) is 4.57 Å². The molecular weight excluding hydrogens is 183 g/mol. The monoisotopic (exact) mass is 198 g/mol. The first-order valence-electron chi connectivity index (χ1n) is 3.70. The summed E-state index contributed by atoms with van der Waals surface area (Å²) in [7, 11) is -3.92. The SMILES string of the molecule is CC(C)COP(=O)(O)OCCO. The molecule has 74 valence electrons. The van der Waals surface area contributed by atoms with Crippen LogP contribution < -0.4 is 0 Å². The molecule has 12 heavy (non-hydrogen) atoms. The van der Waals surface area contributed by atoms with E-state index >= 15 is 0 Å². The smallest absolute Gasteiger partial charge is 0.394 e. The molecule has 0 saturated carbocycles. The van der Waals surface area contributed by atoms with Crippen LogP contribution in [0.2, 0.25) is 0 Å². The van der Waals surface area contributed by atoms with Crippen LogP contribution in [-0.4, -0.2) is 29.8 Å². The van der Waals surface area contributed by atoms with Gasteiger partial charge in [-0.25, -0.2) is 4.57 Å². The van der Waals surface area contributed by atoms with Crippen LogP contribution in [0.3, 0.4) is 0 Å². The Balaban J connectivity index is 3.64. The lowest BCUT2D eigenvalue weighted by molar-refractivity contribution is 0.115. The Morgan fingerprint density at radius 2 is 2.00 bits per heavy atom. The molecular formula is C6H15O5P. The van der Waals surface area contributed by atoms with Gasteiger partial charge in [-0.05, 0) is 5.92 Å². The highest BCUT2D eigenvalue weighted by Gasteiger charge is 2.20. The number of rotatable bonds is 6. The molecule has 0 amide bonds. The Hall–Kier alpha value is 0.0700. The molecule has 0 radical (unpaired) electrons. The lowest BCUT2D eigenvalue weighted by Crippen LogP contribution is -2.04. The van der Waals surface area contributed by atoms with Crippen LogP contribution >= 0.6 is 7.82 Å². The van der Waals surface area contributed by atoms with Crippen LogP contribution in [0.1, 0.15) is 13.8 Å². The van der Waals surface area contributed by atoms with Gasteiger partial charge < -0.3 is 10.00 Å². The molecule has 0 bridgehead atoms. The second-order valence-corrected chi connectivity index (χ2v) is 4.17. The van der Waals surface area contributed by atoms with Crippen molar-refractivity contribution >= 4 is 7.82 Å². The minimum atomic E-state index is -3.92. The van der Waals surface area contributed by atoms with E-state index < -0.39 is 7.82 Å². The summed E-state index contributed by atoms with van der Waals surface area (Å²) in [4.78, 5) is 8.89. The number of aliphatic hydroxyl groups is 1. The van der Waals surface area contributed by atoms with E-state index in [1.807, 2.05) is 13.8 Å². The molecule has 0 spiro atoms. The number of hydrogen-bond donors (Lipinski definition) is 2. The lowest BCUT2D eigenvalue weighted by Gasteiger charge is -2.12. The van der Waals surface area contributed by atoms with E-state index in [2.05, 4.69) is 9.05 Å². The van der Waals surface area contributed by atoms with Crippen molar-refractivity contribution in [3.8, 4) is 0 Å². The highest BCUT2D eigenvalue weighted by Crippen LogP contribution is 2.43. The van der Waals surface area contributed by atoms with Gasteiger partial charge in [-0.3, -0.25) is 9.05 Å². The van der Waals surface area contributed by atoms with Crippen molar-refractivity contribution in [2.24, 2.45) is 5.92 Å². The van der Waals surface area contributed by atoms with E-state index in [1.165, 1.54) is 0 Å². The summed E-state index contributed by atoms with van der Waals surface area (Å²) in [5, 5.41) is 8.29. The van der Waals surface area contributed by atoms with Crippen molar-refractivity contribution in [1.29, 1.82) is 0 Å². The van der Waals surface area contributed by atoms with Gasteiger partial charge >= 0.3 is 7.82 Å². The molecule has 6 heteroatoms. The topological polar surface area (TPSA) is 76.0 Å². The summed E-state index contributed by atoms with van der Waals surface area (Å²) in [6.45, 7) is 3.39. The summed E-state index contributed by atoms with van der Waals surface area (Å²) < 4.78 is 19.8. The molecule has 0 aliphatic rings. The fourth-order valence-corrected chi connectivity index (χ4v) is 1.31. The summed E-state index contributed by atoms with van der Waals surface area (Å²) in [5.41, 5.74) is 0. The summed E-state index contributed by atoms with van der Waals surface area (Å²) >= 11 is 0. The van der Waals surface area contributed by atoms with Gasteiger partial charge in [-0.1, -0.05) is 13.8 Å². The zero-order valence-electron chi connectivity index (χ0n) is 7.27. The Kier molecular flexibility index (Phi) is 5.70. The molecule has 2 N–H and O–H groups in total. The Morgan fingerprint density at radius 3 is 2.42 bits per heavy atom. The van der Waals surface area contributed by atoms with Crippen molar-refractivity contribution in [3.05, 3.63) is 0 Å². The van der Waals surface area contributed by atoms with Crippen molar-refractivity contribution in [2.75, 3.05) is 19.8 Å². The fourth-order valence-electron chi connectivity index (χ4n) is 0.437. The maximum atomic E-state index is 10.9. The molecule has 1 unspecified atom stereocenters. The molecule has 0 fully saturated rings. The first-order chi connectivity index (χ1) is 5.48. The van der Waals surface area contributed by atoms with Gasteiger partial charge in [-0.15, -0.1) is 0 Å². The van der Waals surface area contributed by atoms with Crippen molar-refractivity contribution < 1.29 is 23.6 Å². The zero-order valence-corrected chi connectivity index (χ0v) is 8.16. The quantitative estimate of drug-likeness (QED) is 0.616.